The van der Waals surface area contributed by atoms with Gasteiger partial charge in [-0.25, -0.2) is 13.6 Å². The van der Waals surface area contributed by atoms with Crippen molar-refractivity contribution in [2.45, 2.75) is 0 Å². The Morgan fingerprint density at radius 2 is 1.65 bits per heavy atom. The van der Waals surface area contributed by atoms with Gasteiger partial charge in [-0.05, 0) is 12.1 Å². The second kappa shape index (κ2) is 7.15. The number of hydrogen-bond donors (Lipinski definition) is 2. The van der Waals surface area contributed by atoms with Crippen LogP contribution in [0.2, 0.25) is 5.02 Å². The van der Waals surface area contributed by atoms with Gasteiger partial charge in [-0.2, -0.15) is 0 Å². The van der Waals surface area contributed by atoms with E-state index in [-0.39, 0.29) is 11.4 Å². The summed E-state index contributed by atoms with van der Waals surface area (Å²) < 4.78 is 36.5. The summed E-state index contributed by atoms with van der Waals surface area (Å²) in [5.41, 5.74) is 0.109. The van der Waals surface area contributed by atoms with Crippen LogP contribution in [0, 0.1) is 11.6 Å². The molecule has 0 aliphatic carbocycles. The zero-order valence-electron chi connectivity index (χ0n) is 12.2. The fourth-order valence-corrected chi connectivity index (χ4v) is 2.06. The van der Waals surface area contributed by atoms with Gasteiger partial charge in [0.15, 0.2) is 0 Å². The van der Waals surface area contributed by atoms with Crippen molar-refractivity contribution in [2.24, 2.45) is 0 Å². The highest BCUT2D eigenvalue weighted by Gasteiger charge is 2.14. The van der Waals surface area contributed by atoms with E-state index >= 15 is 0 Å². The monoisotopic (exact) mass is 342 g/mol. The molecular weight excluding hydrogens is 330 g/mol. The molecule has 2 amide bonds. The van der Waals surface area contributed by atoms with Crippen molar-refractivity contribution in [2.75, 3.05) is 24.9 Å². The first kappa shape index (κ1) is 16.8. The predicted octanol–water partition coefficient (Wildman–Crippen LogP) is 4.28. The third-order valence-electron chi connectivity index (χ3n) is 2.90. The van der Waals surface area contributed by atoms with Gasteiger partial charge < -0.3 is 20.1 Å². The second-order valence-electron chi connectivity index (χ2n) is 4.39. The molecule has 0 unspecified atom stereocenters. The fourth-order valence-electron chi connectivity index (χ4n) is 1.82. The summed E-state index contributed by atoms with van der Waals surface area (Å²) in [6.07, 6.45) is 0. The number of nitrogens with one attached hydrogen (secondary N) is 2. The van der Waals surface area contributed by atoms with Crippen molar-refractivity contribution in [3.63, 3.8) is 0 Å². The fraction of sp³-hybridized carbons (Fsp3) is 0.133. The number of hydrogen-bond acceptors (Lipinski definition) is 3. The second-order valence-corrected chi connectivity index (χ2v) is 4.80. The Morgan fingerprint density at radius 3 is 2.26 bits per heavy atom. The van der Waals surface area contributed by atoms with E-state index in [0.29, 0.717) is 22.6 Å². The largest absolute Gasteiger partial charge is 0.495 e. The number of methoxy groups -OCH3 is 2. The number of halogens is 3. The zero-order chi connectivity index (χ0) is 17.0. The van der Waals surface area contributed by atoms with Gasteiger partial charge in [0.05, 0.1) is 30.6 Å². The molecule has 2 rings (SSSR count). The summed E-state index contributed by atoms with van der Waals surface area (Å²) in [5.74, 6) is -1.00. The van der Waals surface area contributed by atoms with E-state index in [0.717, 1.165) is 12.1 Å². The average molecular weight is 343 g/mol. The topological polar surface area (TPSA) is 59.6 Å². The van der Waals surface area contributed by atoms with Crippen LogP contribution in [-0.4, -0.2) is 20.3 Å². The Balaban J connectivity index is 2.19. The van der Waals surface area contributed by atoms with Crippen LogP contribution >= 0.6 is 11.6 Å². The van der Waals surface area contributed by atoms with E-state index in [1.807, 2.05) is 0 Å². The number of carbonyl (C=O) groups excluding carboxylic acids is 1. The average Bonchev–Trinajstić information content (AvgIpc) is 2.51. The molecule has 0 bridgehead atoms. The summed E-state index contributed by atoms with van der Waals surface area (Å²) >= 11 is 5.96. The molecule has 0 heterocycles. The minimum atomic E-state index is -0.888. The molecular formula is C15H13ClF2N2O3. The van der Waals surface area contributed by atoms with E-state index < -0.39 is 17.7 Å². The molecule has 0 atom stereocenters. The third-order valence-corrected chi connectivity index (χ3v) is 3.20. The Bertz CT molecular complexity index is 741. The van der Waals surface area contributed by atoms with Crippen LogP contribution in [0.5, 0.6) is 11.5 Å². The summed E-state index contributed by atoms with van der Waals surface area (Å²) in [7, 11) is 2.83. The number of urea groups is 1. The first-order valence-electron chi connectivity index (χ1n) is 6.39. The van der Waals surface area contributed by atoms with Crippen molar-refractivity contribution in [3.05, 3.63) is 47.0 Å². The van der Waals surface area contributed by atoms with Crippen LogP contribution in [-0.2, 0) is 0 Å². The van der Waals surface area contributed by atoms with Crippen molar-refractivity contribution in [3.8, 4) is 11.5 Å². The van der Waals surface area contributed by atoms with Gasteiger partial charge in [0, 0.05) is 18.2 Å². The van der Waals surface area contributed by atoms with Crippen molar-refractivity contribution < 1.29 is 23.0 Å². The summed E-state index contributed by atoms with van der Waals surface area (Å²) in [6, 6.07) is 5.00. The molecule has 0 aliphatic heterocycles. The van der Waals surface area contributed by atoms with Crippen LogP contribution in [0.25, 0.3) is 0 Å². The lowest BCUT2D eigenvalue weighted by atomic mass is 10.2. The SMILES string of the molecule is COc1cc(NC(=O)Nc2ccc(F)cc2F)c(OC)cc1Cl. The quantitative estimate of drug-likeness (QED) is 0.872. The number of benzene rings is 2. The Morgan fingerprint density at radius 1 is 1.00 bits per heavy atom. The van der Waals surface area contributed by atoms with Crippen molar-refractivity contribution in [1.82, 2.24) is 0 Å². The normalized spacial score (nSPS) is 10.1. The van der Waals surface area contributed by atoms with Gasteiger partial charge in [0.1, 0.15) is 23.1 Å². The van der Waals surface area contributed by atoms with Crippen LogP contribution in [0.3, 0.4) is 0 Å². The maximum atomic E-state index is 13.5. The number of amides is 2. The molecule has 8 heteroatoms. The predicted molar refractivity (Wildman–Crippen MR) is 83.6 cm³/mol. The highest BCUT2D eigenvalue weighted by atomic mass is 35.5. The molecule has 2 N–H and O–H groups in total. The minimum absolute atomic E-state index is 0.163. The van der Waals surface area contributed by atoms with Crippen LogP contribution < -0.4 is 20.1 Å². The Kier molecular flexibility index (Phi) is 5.23. The molecule has 2 aromatic rings. The summed E-state index contributed by atoms with van der Waals surface area (Å²) in [5, 5.41) is 5.05. The number of rotatable bonds is 4. The molecule has 0 saturated heterocycles. The number of carbonyl (C=O) groups is 1. The van der Waals surface area contributed by atoms with Gasteiger partial charge in [-0.15, -0.1) is 0 Å². The lowest BCUT2D eigenvalue weighted by Crippen LogP contribution is -2.20. The Hall–Kier alpha value is -2.54. The summed E-state index contributed by atoms with van der Waals surface area (Å²) in [6.45, 7) is 0. The van der Waals surface area contributed by atoms with Gasteiger partial charge in [0.2, 0.25) is 0 Å². The maximum Gasteiger partial charge on any atom is 0.323 e. The molecule has 0 spiro atoms. The van der Waals surface area contributed by atoms with Crippen LogP contribution in [0.4, 0.5) is 25.0 Å². The number of anilines is 2. The molecule has 2 aromatic carbocycles. The van der Waals surface area contributed by atoms with Gasteiger partial charge in [-0.3, -0.25) is 0 Å². The molecule has 0 radical (unpaired) electrons. The lowest BCUT2D eigenvalue weighted by molar-refractivity contribution is 0.262. The van der Waals surface area contributed by atoms with Crippen LogP contribution in [0.1, 0.15) is 0 Å². The van der Waals surface area contributed by atoms with E-state index in [9.17, 15) is 13.6 Å². The van der Waals surface area contributed by atoms with Gasteiger partial charge in [-0.1, -0.05) is 11.6 Å². The number of ether oxygens (including phenoxy) is 2. The molecule has 5 nitrogen and oxygen atoms in total. The van der Waals surface area contributed by atoms with E-state index in [1.165, 1.54) is 26.4 Å². The minimum Gasteiger partial charge on any atom is -0.495 e. The molecule has 0 saturated carbocycles. The molecule has 0 aromatic heterocycles. The standard InChI is InChI=1S/C15H13ClF2N2O3/c1-22-13-7-12(14(23-2)6-9(13)16)20-15(21)19-11-4-3-8(17)5-10(11)18/h3-7H,1-2H3,(H2,19,20,21). The van der Waals surface area contributed by atoms with Crippen molar-refractivity contribution in [1.29, 1.82) is 0 Å². The first-order valence-corrected chi connectivity index (χ1v) is 6.77. The smallest absolute Gasteiger partial charge is 0.323 e. The summed E-state index contributed by atoms with van der Waals surface area (Å²) in [4.78, 5) is 12.0. The van der Waals surface area contributed by atoms with Gasteiger partial charge in [0.25, 0.3) is 0 Å². The molecule has 0 fully saturated rings. The highest BCUT2D eigenvalue weighted by Crippen LogP contribution is 2.35. The van der Waals surface area contributed by atoms with E-state index in [4.69, 9.17) is 21.1 Å². The van der Waals surface area contributed by atoms with Gasteiger partial charge >= 0.3 is 6.03 Å². The Labute approximate surface area is 136 Å². The first-order chi connectivity index (χ1) is 10.9. The molecule has 23 heavy (non-hydrogen) atoms. The lowest BCUT2D eigenvalue weighted by Gasteiger charge is -2.14. The maximum absolute atomic E-state index is 13.5. The molecule has 0 aliphatic rings. The third kappa shape index (κ3) is 4.01. The van der Waals surface area contributed by atoms with E-state index in [1.54, 1.807) is 0 Å². The van der Waals surface area contributed by atoms with Crippen LogP contribution in [0.15, 0.2) is 30.3 Å². The van der Waals surface area contributed by atoms with Crippen molar-refractivity contribution >= 4 is 29.0 Å². The van der Waals surface area contributed by atoms with E-state index in [2.05, 4.69) is 10.6 Å². The highest BCUT2D eigenvalue weighted by molar-refractivity contribution is 6.32. The molecule has 122 valence electrons. The zero-order valence-corrected chi connectivity index (χ0v) is 13.0.